The van der Waals surface area contributed by atoms with E-state index in [2.05, 4.69) is 5.32 Å². The molecule has 3 aromatic rings. The van der Waals surface area contributed by atoms with Crippen LogP contribution in [-0.4, -0.2) is 58.0 Å². The third-order valence-corrected chi connectivity index (χ3v) is 8.11. The molecule has 0 radical (unpaired) electrons. The lowest BCUT2D eigenvalue weighted by molar-refractivity contribution is -0.139. The number of methoxy groups -OCH3 is 2. The molecule has 0 aliphatic rings. The highest BCUT2D eigenvalue weighted by Crippen LogP contribution is 2.32. The first-order valence-electron chi connectivity index (χ1n) is 12.6. The number of amides is 2. The van der Waals surface area contributed by atoms with Gasteiger partial charge in [0.15, 0.2) is 11.5 Å². The zero-order valence-electron chi connectivity index (χ0n) is 23.1. The van der Waals surface area contributed by atoms with Gasteiger partial charge in [-0.1, -0.05) is 41.9 Å². The van der Waals surface area contributed by atoms with Crippen molar-refractivity contribution in [1.82, 2.24) is 10.2 Å². The topological polar surface area (TPSA) is 105 Å². The number of carbonyl (C=O) groups is 2. The van der Waals surface area contributed by atoms with Crippen LogP contribution in [0.5, 0.6) is 11.5 Å². The fraction of sp³-hybridized carbons (Fsp3) is 0.310. The summed E-state index contributed by atoms with van der Waals surface area (Å²) in [4.78, 5) is 28.1. The summed E-state index contributed by atoms with van der Waals surface area (Å²) >= 11 is 6.17. The molecule has 2 amide bonds. The quantitative estimate of drug-likeness (QED) is 0.335. The zero-order chi connectivity index (χ0) is 29.4. The maximum Gasteiger partial charge on any atom is 0.264 e. The number of hydrogen-bond donors (Lipinski definition) is 1. The van der Waals surface area contributed by atoms with E-state index in [1.165, 1.54) is 37.3 Å². The Morgan fingerprint density at radius 3 is 2.17 bits per heavy atom. The summed E-state index contributed by atoms with van der Waals surface area (Å²) in [5.74, 6) is -0.343. The Morgan fingerprint density at radius 1 is 0.900 bits per heavy atom. The number of nitrogens with one attached hydrogen (secondary N) is 1. The van der Waals surface area contributed by atoms with Gasteiger partial charge in [-0.2, -0.15) is 0 Å². The van der Waals surface area contributed by atoms with E-state index in [0.717, 1.165) is 4.31 Å². The third-order valence-electron chi connectivity index (χ3n) is 6.11. The van der Waals surface area contributed by atoms with Gasteiger partial charge in [0.25, 0.3) is 10.0 Å². The highest BCUT2D eigenvalue weighted by molar-refractivity contribution is 7.92. The van der Waals surface area contributed by atoms with Gasteiger partial charge < -0.3 is 19.7 Å². The van der Waals surface area contributed by atoms with Gasteiger partial charge >= 0.3 is 0 Å². The molecule has 0 aromatic heterocycles. The molecule has 0 aliphatic heterocycles. The van der Waals surface area contributed by atoms with E-state index in [4.69, 9.17) is 21.1 Å². The van der Waals surface area contributed by atoms with Crippen LogP contribution in [0.25, 0.3) is 0 Å². The van der Waals surface area contributed by atoms with Crippen LogP contribution in [0.1, 0.15) is 26.3 Å². The molecule has 9 nitrogen and oxygen atoms in total. The second-order valence-corrected chi connectivity index (χ2v) is 11.7. The van der Waals surface area contributed by atoms with Crippen LogP contribution in [0, 0.1) is 0 Å². The number of halogens is 1. The van der Waals surface area contributed by atoms with Crippen molar-refractivity contribution >= 4 is 39.1 Å². The fourth-order valence-corrected chi connectivity index (χ4v) is 5.69. The maximum atomic E-state index is 14.0. The number of nitrogens with zero attached hydrogens (tertiary/aromatic N) is 2. The van der Waals surface area contributed by atoms with Crippen LogP contribution >= 0.6 is 11.6 Å². The summed E-state index contributed by atoms with van der Waals surface area (Å²) in [5.41, 5.74) is 0.978. The molecule has 0 saturated carbocycles. The molecular weight excluding hydrogens is 554 g/mol. The van der Waals surface area contributed by atoms with E-state index in [0.29, 0.717) is 16.3 Å². The van der Waals surface area contributed by atoms with Gasteiger partial charge in [-0.15, -0.1) is 0 Å². The number of sulfonamides is 1. The maximum absolute atomic E-state index is 14.0. The van der Waals surface area contributed by atoms with Crippen molar-refractivity contribution in [3.05, 3.63) is 83.4 Å². The Kier molecular flexibility index (Phi) is 10.4. The smallest absolute Gasteiger partial charge is 0.264 e. The minimum Gasteiger partial charge on any atom is -0.493 e. The van der Waals surface area contributed by atoms with E-state index in [1.54, 1.807) is 61.5 Å². The Morgan fingerprint density at radius 2 is 1.57 bits per heavy atom. The number of carbonyl (C=O) groups excluding carboxylic acids is 2. The monoisotopic (exact) mass is 587 g/mol. The van der Waals surface area contributed by atoms with E-state index >= 15 is 0 Å². The lowest BCUT2D eigenvalue weighted by atomic mass is 10.1. The van der Waals surface area contributed by atoms with Gasteiger partial charge in [-0.05, 0) is 62.7 Å². The summed E-state index contributed by atoms with van der Waals surface area (Å²) in [6.07, 6.45) is 0. The number of para-hydroxylation sites is 1. The van der Waals surface area contributed by atoms with Crippen LogP contribution in [0.3, 0.4) is 0 Å². The highest BCUT2D eigenvalue weighted by Gasteiger charge is 2.33. The fourth-order valence-electron chi connectivity index (χ4n) is 4.05. The van der Waals surface area contributed by atoms with Crippen LogP contribution < -0.4 is 19.1 Å². The molecule has 0 bridgehead atoms. The molecule has 214 valence electrons. The summed E-state index contributed by atoms with van der Waals surface area (Å²) in [5, 5.41) is 3.30. The number of anilines is 1. The van der Waals surface area contributed by atoms with Crippen molar-refractivity contribution in [3.8, 4) is 11.5 Å². The Bertz CT molecular complexity index is 1430. The molecule has 0 spiro atoms. The minimum atomic E-state index is -4.26. The van der Waals surface area contributed by atoms with Gasteiger partial charge in [0.1, 0.15) is 12.6 Å². The van der Waals surface area contributed by atoms with Crippen LogP contribution in [-0.2, 0) is 26.2 Å². The van der Waals surface area contributed by atoms with E-state index in [1.807, 2.05) is 13.8 Å². The first kappa shape index (κ1) is 30.8. The third kappa shape index (κ3) is 7.45. The Hall–Kier alpha value is -3.76. The first-order chi connectivity index (χ1) is 19.0. The predicted octanol–water partition coefficient (Wildman–Crippen LogP) is 4.49. The number of benzene rings is 3. The van der Waals surface area contributed by atoms with E-state index in [-0.39, 0.29) is 34.8 Å². The summed E-state index contributed by atoms with van der Waals surface area (Å²) in [7, 11) is -1.40. The van der Waals surface area contributed by atoms with Crippen molar-refractivity contribution in [2.45, 2.75) is 44.3 Å². The minimum absolute atomic E-state index is 0.0467. The van der Waals surface area contributed by atoms with Crippen molar-refractivity contribution in [1.29, 1.82) is 0 Å². The lowest BCUT2D eigenvalue weighted by Crippen LogP contribution is -2.52. The summed E-state index contributed by atoms with van der Waals surface area (Å²) < 4.78 is 39.5. The molecule has 0 aliphatic carbocycles. The second-order valence-electron chi connectivity index (χ2n) is 9.35. The summed E-state index contributed by atoms with van der Waals surface area (Å²) in [6.45, 7) is 4.74. The van der Waals surface area contributed by atoms with Gasteiger partial charge in [0.2, 0.25) is 11.8 Å². The van der Waals surface area contributed by atoms with Gasteiger partial charge in [-0.25, -0.2) is 8.42 Å². The summed E-state index contributed by atoms with van der Waals surface area (Å²) in [6, 6.07) is 18.4. The van der Waals surface area contributed by atoms with Crippen molar-refractivity contribution in [2.75, 3.05) is 25.1 Å². The molecule has 0 heterocycles. The average molecular weight is 588 g/mol. The predicted molar refractivity (Wildman–Crippen MR) is 155 cm³/mol. The molecule has 1 N–H and O–H groups in total. The second kappa shape index (κ2) is 13.5. The number of hydrogen-bond acceptors (Lipinski definition) is 6. The first-order valence-corrected chi connectivity index (χ1v) is 14.4. The largest absolute Gasteiger partial charge is 0.493 e. The molecule has 0 saturated heterocycles. The molecular formula is C29H34ClN3O6S. The normalized spacial score (nSPS) is 12.0. The highest BCUT2D eigenvalue weighted by atomic mass is 35.5. The van der Waals surface area contributed by atoms with Crippen molar-refractivity contribution < 1.29 is 27.5 Å². The Labute approximate surface area is 240 Å². The zero-order valence-corrected chi connectivity index (χ0v) is 24.7. The van der Waals surface area contributed by atoms with Gasteiger partial charge in [-0.3, -0.25) is 13.9 Å². The van der Waals surface area contributed by atoms with Crippen molar-refractivity contribution in [3.63, 3.8) is 0 Å². The molecule has 0 fully saturated rings. The van der Waals surface area contributed by atoms with E-state index in [9.17, 15) is 18.0 Å². The number of rotatable bonds is 12. The molecule has 11 heteroatoms. The standard InChI is InChI=1S/C29H34ClN3O6S/c1-20(2)31-29(35)21(3)32(18-22-10-9-11-23(30)16-22)28(34)19-33(24-12-7-6-8-13-24)40(36,37)25-14-15-26(38-4)27(17-25)39-5/h6-17,20-21H,18-19H2,1-5H3,(H,31,35). The molecule has 3 aromatic carbocycles. The van der Waals surface area contributed by atoms with Crippen molar-refractivity contribution in [2.24, 2.45) is 0 Å². The van der Waals surface area contributed by atoms with E-state index < -0.39 is 28.5 Å². The Balaban J connectivity index is 2.05. The van der Waals surface area contributed by atoms with Crippen LogP contribution in [0.15, 0.2) is 77.7 Å². The van der Waals surface area contributed by atoms with Gasteiger partial charge in [0.05, 0.1) is 24.8 Å². The van der Waals surface area contributed by atoms with Crippen LogP contribution in [0.4, 0.5) is 5.69 Å². The average Bonchev–Trinajstić information content (AvgIpc) is 2.93. The molecule has 3 rings (SSSR count). The number of ether oxygens (including phenoxy) is 2. The molecule has 1 unspecified atom stereocenters. The SMILES string of the molecule is COc1ccc(S(=O)(=O)N(CC(=O)N(Cc2cccc(Cl)c2)C(C)C(=O)NC(C)C)c2ccccc2)cc1OC. The van der Waals surface area contributed by atoms with Crippen LogP contribution in [0.2, 0.25) is 5.02 Å². The van der Waals surface area contributed by atoms with Gasteiger partial charge in [0, 0.05) is 23.7 Å². The lowest BCUT2D eigenvalue weighted by Gasteiger charge is -2.32. The molecule has 40 heavy (non-hydrogen) atoms. The molecule has 1 atom stereocenters.